The molecule has 2 N–H and O–H groups in total. The molecule has 0 spiro atoms. The molecule has 2 saturated carbocycles. The molecule has 0 aromatic heterocycles. The fourth-order valence-corrected chi connectivity index (χ4v) is 2.48. The van der Waals surface area contributed by atoms with E-state index in [-0.39, 0.29) is 0 Å². The summed E-state index contributed by atoms with van der Waals surface area (Å²) in [7, 11) is 0. The molecular weight excluding hydrogens is 184 g/mol. The number of hydrogen-bond acceptors (Lipinski definition) is 2. The molecular formula is C13H26N2. The van der Waals surface area contributed by atoms with Crippen LogP contribution in [-0.4, -0.2) is 25.7 Å². The van der Waals surface area contributed by atoms with Crippen LogP contribution in [0, 0.1) is 5.92 Å². The normalized spacial score (nSPS) is 24.0. The van der Waals surface area contributed by atoms with Crippen molar-refractivity contribution in [1.29, 1.82) is 0 Å². The first-order valence-electron chi connectivity index (χ1n) is 6.89. The molecule has 2 fully saturated rings. The number of nitrogens with one attached hydrogen (secondary N) is 2. The first-order valence-corrected chi connectivity index (χ1v) is 6.89. The lowest BCUT2D eigenvalue weighted by atomic mass is 10.1. The van der Waals surface area contributed by atoms with Crippen LogP contribution in [0.5, 0.6) is 0 Å². The van der Waals surface area contributed by atoms with Gasteiger partial charge in [0, 0.05) is 19.1 Å². The van der Waals surface area contributed by atoms with Gasteiger partial charge in [-0.15, -0.1) is 0 Å². The molecule has 0 saturated heterocycles. The maximum atomic E-state index is 3.69. The molecule has 2 heteroatoms. The Bertz CT molecular complexity index is 158. The Labute approximate surface area is 94.2 Å². The summed E-state index contributed by atoms with van der Waals surface area (Å²) < 4.78 is 0. The van der Waals surface area contributed by atoms with Crippen LogP contribution >= 0.6 is 0 Å². The van der Waals surface area contributed by atoms with Crippen LogP contribution in [0.1, 0.15) is 51.4 Å². The second kappa shape index (κ2) is 6.49. The van der Waals surface area contributed by atoms with Crippen molar-refractivity contribution in [3.63, 3.8) is 0 Å². The molecule has 0 radical (unpaired) electrons. The largest absolute Gasteiger partial charge is 0.315 e. The van der Waals surface area contributed by atoms with Gasteiger partial charge in [0.05, 0.1) is 0 Å². The fourth-order valence-electron chi connectivity index (χ4n) is 2.48. The lowest BCUT2D eigenvalue weighted by molar-refractivity contribution is 0.452. The Kier molecular flexibility index (Phi) is 4.94. The molecule has 0 aromatic rings. The zero-order chi connectivity index (χ0) is 10.3. The minimum Gasteiger partial charge on any atom is -0.315 e. The van der Waals surface area contributed by atoms with E-state index in [1.165, 1.54) is 57.9 Å². The predicted octanol–water partition coefficient (Wildman–Crippen LogP) is 2.30. The van der Waals surface area contributed by atoms with Crippen molar-refractivity contribution in [3.8, 4) is 0 Å². The van der Waals surface area contributed by atoms with Crippen molar-refractivity contribution in [2.24, 2.45) is 5.92 Å². The zero-order valence-electron chi connectivity index (χ0n) is 9.93. The first kappa shape index (κ1) is 11.4. The molecule has 2 aliphatic carbocycles. The molecule has 15 heavy (non-hydrogen) atoms. The summed E-state index contributed by atoms with van der Waals surface area (Å²) >= 11 is 0. The molecule has 0 aliphatic heterocycles. The smallest absolute Gasteiger partial charge is 0.00793 e. The van der Waals surface area contributed by atoms with Crippen molar-refractivity contribution >= 4 is 0 Å². The van der Waals surface area contributed by atoms with Gasteiger partial charge in [-0.25, -0.2) is 0 Å². The van der Waals surface area contributed by atoms with E-state index in [0.717, 1.165) is 25.0 Å². The van der Waals surface area contributed by atoms with Crippen LogP contribution in [-0.2, 0) is 0 Å². The average Bonchev–Trinajstić information content (AvgIpc) is 3.03. The van der Waals surface area contributed by atoms with Crippen molar-refractivity contribution in [1.82, 2.24) is 10.6 Å². The minimum atomic E-state index is 0.815. The molecule has 0 atom stereocenters. The summed E-state index contributed by atoms with van der Waals surface area (Å²) in [6.07, 6.45) is 11.5. The van der Waals surface area contributed by atoms with E-state index < -0.39 is 0 Å². The van der Waals surface area contributed by atoms with Crippen molar-refractivity contribution in [3.05, 3.63) is 0 Å². The second-order valence-corrected chi connectivity index (χ2v) is 5.29. The third kappa shape index (κ3) is 4.98. The predicted molar refractivity (Wildman–Crippen MR) is 65.1 cm³/mol. The third-order valence-electron chi connectivity index (χ3n) is 3.72. The van der Waals surface area contributed by atoms with E-state index in [9.17, 15) is 0 Å². The highest BCUT2D eigenvalue weighted by Gasteiger charge is 2.20. The van der Waals surface area contributed by atoms with Crippen molar-refractivity contribution < 1.29 is 0 Å². The first-order chi connectivity index (χ1) is 7.45. The molecule has 0 aromatic carbocycles. The quantitative estimate of drug-likeness (QED) is 0.519. The summed E-state index contributed by atoms with van der Waals surface area (Å²) in [5.41, 5.74) is 0. The molecule has 2 aliphatic rings. The average molecular weight is 210 g/mol. The van der Waals surface area contributed by atoms with Gasteiger partial charge in [-0.3, -0.25) is 0 Å². The lowest BCUT2D eigenvalue weighted by Gasteiger charge is -2.16. The van der Waals surface area contributed by atoms with Gasteiger partial charge < -0.3 is 10.6 Å². The van der Waals surface area contributed by atoms with E-state index in [1.54, 1.807) is 0 Å². The summed E-state index contributed by atoms with van der Waals surface area (Å²) in [4.78, 5) is 0. The fraction of sp³-hybridized carbons (Fsp3) is 1.00. The summed E-state index contributed by atoms with van der Waals surface area (Å²) in [6.45, 7) is 3.58. The highest BCUT2D eigenvalue weighted by Crippen LogP contribution is 2.27. The van der Waals surface area contributed by atoms with Gasteiger partial charge in [-0.2, -0.15) is 0 Å². The maximum absolute atomic E-state index is 3.69. The number of rotatable bonds is 6. The van der Waals surface area contributed by atoms with Crippen LogP contribution in [0.2, 0.25) is 0 Å². The van der Waals surface area contributed by atoms with Gasteiger partial charge in [0.1, 0.15) is 0 Å². The van der Waals surface area contributed by atoms with E-state index in [4.69, 9.17) is 0 Å². The molecule has 2 rings (SSSR count). The van der Waals surface area contributed by atoms with E-state index in [1.807, 2.05) is 0 Å². The van der Waals surface area contributed by atoms with Crippen LogP contribution in [0.15, 0.2) is 0 Å². The van der Waals surface area contributed by atoms with Gasteiger partial charge in [0.15, 0.2) is 0 Å². The molecule has 0 unspecified atom stereocenters. The van der Waals surface area contributed by atoms with Gasteiger partial charge in [0.25, 0.3) is 0 Å². The lowest BCUT2D eigenvalue weighted by Crippen LogP contribution is -2.35. The van der Waals surface area contributed by atoms with Crippen molar-refractivity contribution in [2.45, 2.75) is 57.4 Å². The Hall–Kier alpha value is -0.0800. The SMILES string of the molecule is C1CCCC(NCCNCC2CC2)CC1. The molecule has 0 amide bonds. The van der Waals surface area contributed by atoms with Crippen LogP contribution in [0.3, 0.4) is 0 Å². The molecule has 0 bridgehead atoms. The van der Waals surface area contributed by atoms with E-state index in [2.05, 4.69) is 10.6 Å². The van der Waals surface area contributed by atoms with Crippen molar-refractivity contribution in [2.75, 3.05) is 19.6 Å². The minimum absolute atomic E-state index is 0.815. The van der Waals surface area contributed by atoms with Crippen LogP contribution < -0.4 is 10.6 Å². The third-order valence-corrected chi connectivity index (χ3v) is 3.72. The summed E-state index contributed by atoms with van der Waals surface area (Å²) in [6, 6.07) is 0.815. The zero-order valence-corrected chi connectivity index (χ0v) is 9.93. The van der Waals surface area contributed by atoms with Gasteiger partial charge in [-0.1, -0.05) is 25.7 Å². The van der Waals surface area contributed by atoms with Crippen LogP contribution in [0.4, 0.5) is 0 Å². The summed E-state index contributed by atoms with van der Waals surface area (Å²) in [5, 5.41) is 7.23. The summed E-state index contributed by atoms with van der Waals surface area (Å²) in [5.74, 6) is 1.02. The topological polar surface area (TPSA) is 24.1 Å². The Morgan fingerprint density at radius 1 is 0.800 bits per heavy atom. The molecule has 88 valence electrons. The van der Waals surface area contributed by atoms with E-state index in [0.29, 0.717) is 0 Å². The van der Waals surface area contributed by atoms with Gasteiger partial charge in [-0.05, 0) is 38.1 Å². The molecule has 0 heterocycles. The highest BCUT2D eigenvalue weighted by atomic mass is 15.0. The van der Waals surface area contributed by atoms with Gasteiger partial charge in [0.2, 0.25) is 0 Å². The number of hydrogen-bond donors (Lipinski definition) is 2. The van der Waals surface area contributed by atoms with E-state index >= 15 is 0 Å². The monoisotopic (exact) mass is 210 g/mol. The highest BCUT2D eigenvalue weighted by molar-refractivity contribution is 4.76. The Morgan fingerprint density at radius 3 is 2.20 bits per heavy atom. The van der Waals surface area contributed by atoms with Crippen LogP contribution in [0.25, 0.3) is 0 Å². The Morgan fingerprint density at radius 2 is 1.53 bits per heavy atom. The Balaban J connectivity index is 1.44. The second-order valence-electron chi connectivity index (χ2n) is 5.29. The standard InChI is InChI=1S/C13H26N2/c1-2-4-6-13(5-3-1)15-10-9-14-11-12-7-8-12/h12-15H,1-11H2. The van der Waals surface area contributed by atoms with Gasteiger partial charge >= 0.3 is 0 Å². The molecule has 2 nitrogen and oxygen atoms in total. The maximum Gasteiger partial charge on any atom is 0.00793 e.